The monoisotopic (exact) mass is 476 g/mol. The van der Waals surface area contributed by atoms with Gasteiger partial charge in [0.05, 0.1) is 4.47 Å². The molecule has 3 aromatic rings. The van der Waals surface area contributed by atoms with Crippen LogP contribution in [0.4, 0.5) is 9.18 Å². The van der Waals surface area contributed by atoms with E-state index < -0.39 is 17.5 Å². The minimum atomic E-state index is -0.546. The van der Waals surface area contributed by atoms with Gasteiger partial charge in [-0.25, -0.2) is 14.0 Å². The molecule has 1 amide bonds. The van der Waals surface area contributed by atoms with Gasteiger partial charge in [-0.15, -0.1) is 0 Å². The number of hydrogen-bond acceptors (Lipinski definition) is 5. The first-order chi connectivity index (χ1) is 14.2. The Morgan fingerprint density at radius 3 is 2.53 bits per heavy atom. The number of halogens is 2. The Morgan fingerprint density at radius 2 is 1.87 bits per heavy atom. The Labute approximate surface area is 182 Å². The molecule has 0 radical (unpaired) electrons. The van der Waals surface area contributed by atoms with Crippen molar-refractivity contribution < 1.29 is 18.3 Å². The second-order valence-corrected chi connectivity index (χ2v) is 8.25. The first-order valence-corrected chi connectivity index (χ1v) is 10.0. The zero-order valence-corrected chi connectivity index (χ0v) is 18.7. The lowest BCUT2D eigenvalue weighted by Gasteiger charge is -2.17. The third-order valence-electron chi connectivity index (χ3n) is 4.53. The summed E-state index contributed by atoms with van der Waals surface area (Å²) in [5.74, 6) is -0.135. The molecule has 0 unspecified atom stereocenters. The number of carbonyl (C=O) groups excluding carboxylic acids is 1. The van der Waals surface area contributed by atoms with E-state index in [0.29, 0.717) is 33.1 Å². The van der Waals surface area contributed by atoms with Crippen LogP contribution in [0.3, 0.4) is 0 Å². The van der Waals surface area contributed by atoms with Gasteiger partial charge in [-0.1, -0.05) is 12.1 Å². The predicted octanol–water partition coefficient (Wildman–Crippen LogP) is 4.41. The summed E-state index contributed by atoms with van der Waals surface area (Å²) in [5.41, 5.74) is 1.30. The standard InChI is InChI=1S/C22H22BrFN2O4/c1-25(2)12-17-15-9-8-14(29-22(28)26(3)4)11-19(15)30-21(27)16(17)10-13-6-5-7-18(23)20(13)24/h5-9,11H,10,12H2,1-4H3. The smallest absolute Gasteiger partial charge is 0.414 e. The largest absolute Gasteiger partial charge is 0.422 e. The summed E-state index contributed by atoms with van der Waals surface area (Å²) in [4.78, 5) is 27.9. The Kier molecular flexibility index (Phi) is 6.58. The van der Waals surface area contributed by atoms with Crippen molar-refractivity contribution in [3.8, 4) is 5.75 Å². The van der Waals surface area contributed by atoms with Crippen LogP contribution < -0.4 is 10.4 Å². The Balaban J connectivity index is 2.13. The predicted molar refractivity (Wildman–Crippen MR) is 116 cm³/mol. The molecule has 0 bridgehead atoms. The van der Waals surface area contributed by atoms with Gasteiger partial charge < -0.3 is 19.0 Å². The molecule has 0 atom stereocenters. The Bertz CT molecular complexity index is 1160. The first-order valence-electron chi connectivity index (χ1n) is 9.22. The van der Waals surface area contributed by atoms with E-state index in [1.807, 2.05) is 19.0 Å². The second-order valence-electron chi connectivity index (χ2n) is 7.39. The summed E-state index contributed by atoms with van der Waals surface area (Å²) < 4.78 is 25.7. The van der Waals surface area contributed by atoms with Crippen LogP contribution in [0.15, 0.2) is 50.1 Å². The fraction of sp³-hybridized carbons (Fsp3) is 0.273. The number of nitrogens with zero attached hydrogens (tertiary/aromatic N) is 2. The molecular formula is C22H22BrFN2O4. The van der Waals surface area contributed by atoms with Gasteiger partial charge in [0.1, 0.15) is 17.1 Å². The number of rotatable bonds is 5. The highest BCUT2D eigenvalue weighted by Gasteiger charge is 2.19. The lowest BCUT2D eigenvalue weighted by atomic mass is 9.98. The fourth-order valence-corrected chi connectivity index (χ4v) is 3.50. The summed E-state index contributed by atoms with van der Waals surface area (Å²) in [6.45, 7) is 0.462. The quantitative estimate of drug-likeness (QED) is 0.510. The minimum absolute atomic E-state index is 0.101. The van der Waals surface area contributed by atoms with Crippen molar-refractivity contribution in [2.45, 2.75) is 13.0 Å². The summed E-state index contributed by atoms with van der Waals surface area (Å²) in [6.07, 6.45) is -0.434. The van der Waals surface area contributed by atoms with Crippen LogP contribution >= 0.6 is 15.9 Å². The summed E-state index contributed by atoms with van der Waals surface area (Å²) in [5, 5.41) is 0.707. The van der Waals surface area contributed by atoms with E-state index in [4.69, 9.17) is 9.15 Å². The summed E-state index contributed by atoms with van der Waals surface area (Å²) in [7, 11) is 6.92. The highest BCUT2D eigenvalue weighted by atomic mass is 79.9. The normalized spacial score (nSPS) is 11.2. The van der Waals surface area contributed by atoms with E-state index in [9.17, 15) is 14.0 Å². The van der Waals surface area contributed by atoms with Crippen molar-refractivity contribution in [1.29, 1.82) is 0 Å². The Morgan fingerprint density at radius 1 is 1.13 bits per heavy atom. The van der Waals surface area contributed by atoms with Crippen LogP contribution in [0.2, 0.25) is 0 Å². The summed E-state index contributed by atoms with van der Waals surface area (Å²) in [6, 6.07) is 9.89. The van der Waals surface area contributed by atoms with Crippen LogP contribution in [0.25, 0.3) is 11.0 Å². The molecule has 1 heterocycles. The zero-order valence-electron chi connectivity index (χ0n) is 17.2. The van der Waals surface area contributed by atoms with Crippen LogP contribution in [0.1, 0.15) is 16.7 Å². The number of hydrogen-bond donors (Lipinski definition) is 0. The maximum absolute atomic E-state index is 14.5. The van der Waals surface area contributed by atoms with Crippen molar-refractivity contribution in [2.75, 3.05) is 28.2 Å². The highest BCUT2D eigenvalue weighted by Crippen LogP contribution is 2.28. The fourth-order valence-electron chi connectivity index (χ4n) is 3.09. The maximum atomic E-state index is 14.5. The van der Waals surface area contributed by atoms with Gasteiger partial charge in [0.2, 0.25) is 0 Å². The van der Waals surface area contributed by atoms with Gasteiger partial charge in [0.25, 0.3) is 0 Å². The lowest BCUT2D eigenvalue weighted by molar-refractivity contribution is 0.172. The average Bonchev–Trinajstić information content (AvgIpc) is 2.67. The molecule has 1 aromatic heterocycles. The van der Waals surface area contributed by atoms with Crippen LogP contribution in [-0.4, -0.2) is 44.1 Å². The van der Waals surface area contributed by atoms with Crippen molar-refractivity contribution in [2.24, 2.45) is 0 Å². The number of ether oxygens (including phenoxy) is 1. The zero-order chi connectivity index (χ0) is 22.0. The maximum Gasteiger partial charge on any atom is 0.414 e. The topological polar surface area (TPSA) is 63.0 Å². The molecule has 0 N–H and O–H groups in total. The van der Waals surface area contributed by atoms with Gasteiger partial charge in [0.15, 0.2) is 0 Å². The number of carbonyl (C=O) groups is 1. The van der Waals surface area contributed by atoms with Crippen LogP contribution in [-0.2, 0) is 13.0 Å². The van der Waals surface area contributed by atoms with Crippen molar-refractivity contribution in [3.63, 3.8) is 0 Å². The highest BCUT2D eigenvalue weighted by molar-refractivity contribution is 9.10. The van der Waals surface area contributed by atoms with Gasteiger partial charge >= 0.3 is 11.7 Å². The molecule has 30 heavy (non-hydrogen) atoms. The third kappa shape index (κ3) is 4.71. The van der Waals surface area contributed by atoms with E-state index in [1.54, 1.807) is 44.4 Å². The molecule has 0 aliphatic heterocycles. The second kappa shape index (κ2) is 8.97. The molecule has 0 fully saturated rings. The van der Waals surface area contributed by atoms with Gasteiger partial charge in [0, 0.05) is 44.1 Å². The molecule has 3 rings (SSSR count). The van der Waals surface area contributed by atoms with Crippen molar-refractivity contribution in [1.82, 2.24) is 9.80 Å². The van der Waals surface area contributed by atoms with Crippen LogP contribution in [0.5, 0.6) is 5.75 Å². The van der Waals surface area contributed by atoms with Gasteiger partial charge in [-0.05, 0) is 59.4 Å². The molecule has 0 aliphatic rings. The SMILES string of the molecule is CN(C)Cc1c(Cc2cccc(Br)c2F)c(=O)oc2cc(OC(=O)N(C)C)ccc12. The molecule has 2 aromatic carbocycles. The summed E-state index contributed by atoms with van der Waals surface area (Å²) >= 11 is 3.18. The molecule has 158 valence electrons. The van der Waals surface area contributed by atoms with Crippen molar-refractivity contribution >= 4 is 33.0 Å². The molecule has 0 saturated carbocycles. The van der Waals surface area contributed by atoms with E-state index in [0.717, 1.165) is 5.56 Å². The minimum Gasteiger partial charge on any atom is -0.422 e. The first kappa shape index (κ1) is 22.0. The van der Waals surface area contributed by atoms with Gasteiger partial charge in [-0.3, -0.25) is 0 Å². The Hall–Kier alpha value is -2.71. The molecule has 6 nitrogen and oxygen atoms in total. The van der Waals surface area contributed by atoms with E-state index in [1.165, 1.54) is 11.0 Å². The van der Waals surface area contributed by atoms with E-state index in [2.05, 4.69) is 15.9 Å². The third-order valence-corrected chi connectivity index (χ3v) is 5.15. The molecule has 0 spiro atoms. The van der Waals surface area contributed by atoms with Crippen molar-refractivity contribution in [3.05, 3.63) is 73.8 Å². The average molecular weight is 477 g/mol. The number of amides is 1. The molecule has 0 aliphatic carbocycles. The van der Waals surface area contributed by atoms with E-state index >= 15 is 0 Å². The molecule has 8 heteroatoms. The lowest BCUT2D eigenvalue weighted by Crippen LogP contribution is -2.25. The number of fused-ring (bicyclic) bond motifs is 1. The van der Waals surface area contributed by atoms with Gasteiger partial charge in [-0.2, -0.15) is 0 Å². The molecular weight excluding hydrogens is 455 g/mol. The molecule has 0 saturated heterocycles. The van der Waals surface area contributed by atoms with E-state index in [-0.39, 0.29) is 12.2 Å². The number of benzene rings is 2. The van der Waals surface area contributed by atoms with Crippen LogP contribution in [0, 0.1) is 5.82 Å².